The minimum Gasteiger partial charge on any atom is -0.486 e. The second-order valence-corrected chi connectivity index (χ2v) is 7.09. The minimum atomic E-state index is -0.476. The molecule has 7 nitrogen and oxygen atoms in total. The third kappa shape index (κ3) is 4.73. The van der Waals surface area contributed by atoms with Gasteiger partial charge < -0.3 is 19.2 Å². The number of rotatable bonds is 6. The maximum Gasteiger partial charge on any atom is 0.413 e. The molecule has 0 aliphatic rings. The van der Waals surface area contributed by atoms with E-state index in [0.29, 0.717) is 17.1 Å². The van der Waals surface area contributed by atoms with Crippen LogP contribution in [0, 0.1) is 0 Å². The highest BCUT2D eigenvalue weighted by molar-refractivity contribution is 6.02. The number of nitrogens with zero attached hydrogens (tertiary/aromatic N) is 1. The van der Waals surface area contributed by atoms with Gasteiger partial charge in [-0.05, 0) is 59.3 Å². The van der Waals surface area contributed by atoms with Crippen molar-refractivity contribution >= 4 is 34.1 Å². The lowest BCUT2D eigenvalue weighted by molar-refractivity contribution is 0.0992. The first kappa shape index (κ1) is 21.0. The predicted octanol–water partition coefficient (Wildman–Crippen LogP) is 5.47. The Hall–Kier alpha value is -4.26. The van der Waals surface area contributed by atoms with Gasteiger partial charge in [0, 0.05) is 18.4 Å². The summed E-state index contributed by atoms with van der Waals surface area (Å²) in [5, 5.41) is 5.00. The van der Waals surface area contributed by atoms with E-state index in [9.17, 15) is 9.59 Å². The molecule has 3 aromatic carbocycles. The van der Waals surface area contributed by atoms with E-state index in [2.05, 4.69) is 10.1 Å². The number of carbonyl (C=O) groups is 2. The summed E-state index contributed by atoms with van der Waals surface area (Å²) in [7, 11) is 2.92. The van der Waals surface area contributed by atoms with Gasteiger partial charge in [-0.1, -0.05) is 30.3 Å². The summed E-state index contributed by atoms with van der Waals surface area (Å²) < 4.78 is 16.1. The first-order chi connectivity index (χ1) is 15.5. The molecule has 7 heteroatoms. The largest absolute Gasteiger partial charge is 0.486 e. The fourth-order valence-corrected chi connectivity index (χ4v) is 3.19. The Bertz CT molecular complexity index is 1250. The standard InChI is InChI=1S/C25H22N2O5/c1-27(25(29)30-2)20-10-8-19(9-11-20)26-24(28)23-14-13-22(32-23)16-31-21-12-7-17-5-3-4-6-18(17)15-21/h3-15H,16H2,1-2H3,(H,26,28). The maximum atomic E-state index is 12.5. The number of fused-ring (bicyclic) bond motifs is 1. The van der Waals surface area contributed by atoms with Gasteiger partial charge in [-0.25, -0.2) is 4.79 Å². The Morgan fingerprint density at radius 3 is 2.44 bits per heavy atom. The summed E-state index contributed by atoms with van der Waals surface area (Å²) in [5.74, 6) is 1.07. The van der Waals surface area contributed by atoms with Crippen molar-refractivity contribution in [2.24, 2.45) is 0 Å². The quantitative estimate of drug-likeness (QED) is 0.439. The normalized spacial score (nSPS) is 10.6. The molecular formula is C25H22N2O5. The summed E-state index contributed by atoms with van der Waals surface area (Å²) >= 11 is 0. The van der Waals surface area contributed by atoms with Crippen molar-refractivity contribution < 1.29 is 23.5 Å². The van der Waals surface area contributed by atoms with Crippen LogP contribution < -0.4 is 15.0 Å². The third-order valence-corrected chi connectivity index (χ3v) is 4.95. The first-order valence-electron chi connectivity index (χ1n) is 9.97. The Balaban J connectivity index is 1.35. The van der Waals surface area contributed by atoms with E-state index in [1.165, 1.54) is 12.0 Å². The van der Waals surface area contributed by atoms with Crippen LogP contribution >= 0.6 is 0 Å². The molecule has 162 valence electrons. The van der Waals surface area contributed by atoms with Crippen LogP contribution in [0.25, 0.3) is 10.8 Å². The summed E-state index contributed by atoms with van der Waals surface area (Å²) in [6, 6.07) is 24.0. The summed E-state index contributed by atoms with van der Waals surface area (Å²) in [5.41, 5.74) is 1.21. The molecule has 32 heavy (non-hydrogen) atoms. The van der Waals surface area contributed by atoms with Crippen molar-refractivity contribution in [1.82, 2.24) is 0 Å². The molecular weight excluding hydrogens is 408 g/mol. The number of hydrogen-bond acceptors (Lipinski definition) is 5. The first-order valence-corrected chi connectivity index (χ1v) is 9.97. The smallest absolute Gasteiger partial charge is 0.413 e. The van der Waals surface area contributed by atoms with E-state index in [1.807, 2.05) is 42.5 Å². The lowest BCUT2D eigenvalue weighted by atomic mass is 10.1. The molecule has 0 spiro atoms. The number of amides is 2. The van der Waals surface area contributed by atoms with Crippen LogP contribution in [-0.4, -0.2) is 26.2 Å². The summed E-state index contributed by atoms with van der Waals surface area (Å²) in [6.45, 7) is 0.209. The number of anilines is 2. The van der Waals surface area contributed by atoms with Crippen molar-refractivity contribution in [2.75, 3.05) is 24.4 Å². The Kier molecular flexibility index (Phi) is 6.07. The molecule has 1 N–H and O–H groups in total. The lowest BCUT2D eigenvalue weighted by Crippen LogP contribution is -2.25. The summed E-state index contributed by atoms with van der Waals surface area (Å²) in [6.07, 6.45) is -0.476. The second-order valence-electron chi connectivity index (χ2n) is 7.09. The molecule has 0 saturated heterocycles. The van der Waals surface area contributed by atoms with Crippen LogP contribution in [0.4, 0.5) is 16.2 Å². The van der Waals surface area contributed by atoms with E-state index in [0.717, 1.165) is 16.5 Å². The fourth-order valence-electron chi connectivity index (χ4n) is 3.19. The van der Waals surface area contributed by atoms with Gasteiger partial charge in [0.2, 0.25) is 0 Å². The van der Waals surface area contributed by atoms with Gasteiger partial charge in [0.1, 0.15) is 18.1 Å². The number of benzene rings is 3. The van der Waals surface area contributed by atoms with E-state index in [4.69, 9.17) is 9.15 Å². The number of ether oxygens (including phenoxy) is 2. The van der Waals surface area contributed by atoms with Crippen molar-refractivity contribution in [3.63, 3.8) is 0 Å². The molecule has 4 aromatic rings. The molecule has 1 heterocycles. The van der Waals surface area contributed by atoms with Crippen molar-refractivity contribution in [1.29, 1.82) is 0 Å². The maximum absolute atomic E-state index is 12.5. The van der Waals surface area contributed by atoms with E-state index >= 15 is 0 Å². The molecule has 0 bridgehead atoms. The second kappa shape index (κ2) is 9.26. The molecule has 0 unspecified atom stereocenters. The number of hydrogen-bond donors (Lipinski definition) is 1. The molecule has 4 rings (SSSR count). The van der Waals surface area contributed by atoms with Crippen LogP contribution in [0.5, 0.6) is 5.75 Å². The van der Waals surface area contributed by atoms with E-state index in [-0.39, 0.29) is 18.3 Å². The Labute approximate surface area is 185 Å². The molecule has 0 aliphatic carbocycles. The molecule has 2 amide bonds. The van der Waals surface area contributed by atoms with Gasteiger partial charge in [0.25, 0.3) is 5.91 Å². The van der Waals surface area contributed by atoms with Crippen LogP contribution in [-0.2, 0) is 11.3 Å². The van der Waals surface area contributed by atoms with Gasteiger partial charge in [0.15, 0.2) is 5.76 Å². The van der Waals surface area contributed by atoms with Crippen LogP contribution in [0.1, 0.15) is 16.3 Å². The highest BCUT2D eigenvalue weighted by Gasteiger charge is 2.14. The molecule has 1 aromatic heterocycles. The van der Waals surface area contributed by atoms with Gasteiger partial charge in [-0.3, -0.25) is 9.69 Å². The third-order valence-electron chi connectivity index (χ3n) is 4.95. The topological polar surface area (TPSA) is 81.0 Å². The predicted molar refractivity (Wildman–Crippen MR) is 122 cm³/mol. The monoisotopic (exact) mass is 430 g/mol. The van der Waals surface area contributed by atoms with Crippen LogP contribution in [0.2, 0.25) is 0 Å². The fraction of sp³-hybridized carbons (Fsp3) is 0.120. The average Bonchev–Trinajstić information content (AvgIpc) is 3.31. The zero-order valence-corrected chi connectivity index (χ0v) is 17.7. The zero-order valence-electron chi connectivity index (χ0n) is 17.7. The zero-order chi connectivity index (χ0) is 22.5. The van der Waals surface area contributed by atoms with Crippen LogP contribution in [0.15, 0.2) is 83.3 Å². The van der Waals surface area contributed by atoms with Gasteiger partial charge in [-0.15, -0.1) is 0 Å². The molecule has 0 atom stereocenters. The number of nitrogens with one attached hydrogen (secondary N) is 1. The van der Waals surface area contributed by atoms with Gasteiger partial charge >= 0.3 is 6.09 Å². The Morgan fingerprint density at radius 1 is 0.938 bits per heavy atom. The average molecular weight is 430 g/mol. The van der Waals surface area contributed by atoms with Crippen molar-refractivity contribution in [2.45, 2.75) is 6.61 Å². The number of methoxy groups -OCH3 is 1. The van der Waals surface area contributed by atoms with Crippen LogP contribution in [0.3, 0.4) is 0 Å². The lowest BCUT2D eigenvalue weighted by Gasteiger charge is -2.15. The molecule has 0 radical (unpaired) electrons. The number of furan rings is 1. The molecule has 0 aliphatic heterocycles. The minimum absolute atomic E-state index is 0.179. The molecule has 0 saturated carbocycles. The van der Waals surface area contributed by atoms with Gasteiger partial charge in [0.05, 0.1) is 7.11 Å². The molecule has 0 fully saturated rings. The Morgan fingerprint density at radius 2 is 1.69 bits per heavy atom. The highest BCUT2D eigenvalue weighted by Crippen LogP contribution is 2.22. The van der Waals surface area contributed by atoms with Gasteiger partial charge in [-0.2, -0.15) is 0 Å². The number of carbonyl (C=O) groups excluding carboxylic acids is 2. The van der Waals surface area contributed by atoms with E-state index in [1.54, 1.807) is 43.4 Å². The van der Waals surface area contributed by atoms with E-state index < -0.39 is 6.09 Å². The summed E-state index contributed by atoms with van der Waals surface area (Å²) in [4.78, 5) is 25.4. The van der Waals surface area contributed by atoms with Crippen molar-refractivity contribution in [3.8, 4) is 5.75 Å². The SMILES string of the molecule is COC(=O)N(C)c1ccc(NC(=O)c2ccc(COc3ccc4ccccc4c3)o2)cc1. The highest BCUT2D eigenvalue weighted by atomic mass is 16.5. The van der Waals surface area contributed by atoms with Crippen molar-refractivity contribution in [3.05, 3.63) is 90.4 Å².